The van der Waals surface area contributed by atoms with Crippen molar-refractivity contribution in [2.75, 3.05) is 0 Å². The van der Waals surface area contributed by atoms with Crippen molar-refractivity contribution in [1.29, 1.82) is 5.26 Å². The third-order valence-corrected chi connectivity index (χ3v) is 8.18. The van der Waals surface area contributed by atoms with Gasteiger partial charge in [0.05, 0.1) is 40.8 Å². The summed E-state index contributed by atoms with van der Waals surface area (Å²) in [6.45, 7) is 1.04. The molecule has 0 amide bonds. The zero-order chi connectivity index (χ0) is 24.2. The van der Waals surface area contributed by atoms with E-state index in [-0.39, 0.29) is 0 Å². The van der Waals surface area contributed by atoms with Crippen LogP contribution in [0.3, 0.4) is 0 Å². The average molecular weight is 473 g/mol. The number of pyridine rings is 1. The number of nitrogens with zero attached hydrogens (tertiary/aromatic N) is 5. The van der Waals surface area contributed by atoms with Crippen molar-refractivity contribution in [3.05, 3.63) is 72.7 Å². The van der Waals surface area contributed by atoms with Gasteiger partial charge >= 0.3 is 0 Å². The van der Waals surface area contributed by atoms with Gasteiger partial charge in [0.1, 0.15) is 0 Å². The molecule has 6 nitrogen and oxygen atoms in total. The molecular formula is C30H28N6. The van der Waals surface area contributed by atoms with Gasteiger partial charge in [-0.2, -0.15) is 10.4 Å². The van der Waals surface area contributed by atoms with Crippen LogP contribution in [-0.2, 0) is 13.6 Å². The lowest BCUT2D eigenvalue weighted by atomic mass is 9.92. The molecule has 36 heavy (non-hydrogen) atoms. The van der Waals surface area contributed by atoms with Gasteiger partial charge in [-0.15, -0.1) is 0 Å². The Balaban J connectivity index is 1.36. The highest BCUT2D eigenvalue weighted by molar-refractivity contribution is 6.02. The number of nitriles is 1. The van der Waals surface area contributed by atoms with Crippen LogP contribution in [0.5, 0.6) is 0 Å². The molecule has 0 saturated carbocycles. The topological polar surface area (TPSA) is 71.5 Å². The Morgan fingerprint density at radius 2 is 1.75 bits per heavy atom. The Morgan fingerprint density at radius 1 is 0.972 bits per heavy atom. The Hall–Kier alpha value is -3.95. The molecule has 5 heterocycles. The molecule has 2 aliphatic heterocycles. The minimum Gasteiger partial charge on any atom is -0.346 e. The number of nitrogens with one attached hydrogen (secondary N) is 1. The van der Waals surface area contributed by atoms with Gasteiger partial charge in [-0.05, 0) is 67.5 Å². The molecule has 2 aliphatic rings. The summed E-state index contributed by atoms with van der Waals surface area (Å²) >= 11 is 0. The molecule has 0 radical (unpaired) electrons. The van der Waals surface area contributed by atoms with Crippen molar-refractivity contribution in [2.24, 2.45) is 13.0 Å². The van der Waals surface area contributed by atoms with E-state index in [0.29, 0.717) is 23.6 Å². The summed E-state index contributed by atoms with van der Waals surface area (Å²) in [5, 5.41) is 19.8. The van der Waals surface area contributed by atoms with Crippen LogP contribution >= 0.6 is 0 Å². The monoisotopic (exact) mass is 472 g/mol. The first-order valence-corrected chi connectivity index (χ1v) is 12.8. The van der Waals surface area contributed by atoms with Crippen LogP contribution in [0.4, 0.5) is 0 Å². The molecule has 2 bridgehead atoms. The Morgan fingerprint density at radius 3 is 2.53 bits per heavy atom. The standard InChI is InChI=1S/C30H28N6/c1-35-27-9-6-22(14-23(27)16-33-35)30-29(21-4-2-19(15-31)3-5-21)26-10-11-36(28(26)17-32-30)18-20-12-24-7-8-25(13-20)34-24/h2-6,9-11,14,16-17,20,24-25,34H,7-8,12-13,18H2,1H3. The van der Waals surface area contributed by atoms with E-state index in [4.69, 9.17) is 4.98 Å². The first kappa shape index (κ1) is 21.3. The van der Waals surface area contributed by atoms with Crippen molar-refractivity contribution in [3.63, 3.8) is 0 Å². The van der Waals surface area contributed by atoms with E-state index in [9.17, 15) is 5.26 Å². The first-order chi connectivity index (χ1) is 17.7. The molecular weight excluding hydrogens is 444 g/mol. The van der Waals surface area contributed by atoms with E-state index in [2.05, 4.69) is 51.5 Å². The van der Waals surface area contributed by atoms with Gasteiger partial charge in [0.2, 0.25) is 0 Å². The number of benzene rings is 2. The number of rotatable bonds is 4. The van der Waals surface area contributed by atoms with Gasteiger partial charge in [-0.25, -0.2) is 0 Å². The highest BCUT2D eigenvalue weighted by atomic mass is 15.2. The number of hydrogen-bond acceptors (Lipinski definition) is 4. The van der Waals surface area contributed by atoms with Gasteiger partial charge in [-0.1, -0.05) is 18.2 Å². The molecule has 2 saturated heterocycles. The summed E-state index contributed by atoms with van der Waals surface area (Å²) in [4.78, 5) is 5.05. The Kier molecular flexibility index (Phi) is 4.93. The van der Waals surface area contributed by atoms with Gasteiger partial charge in [0.15, 0.2) is 0 Å². The molecule has 6 heteroatoms. The second kappa shape index (κ2) is 8.32. The lowest BCUT2D eigenvalue weighted by molar-refractivity contribution is 0.274. The minimum atomic E-state index is 0.662. The summed E-state index contributed by atoms with van der Waals surface area (Å²) in [7, 11) is 1.96. The van der Waals surface area contributed by atoms with E-state index in [1.54, 1.807) is 0 Å². The number of aryl methyl sites for hydroxylation is 1. The molecule has 1 N–H and O–H groups in total. The molecule has 5 aromatic rings. The molecule has 2 atom stereocenters. The Bertz CT molecular complexity index is 1620. The molecule has 2 aromatic carbocycles. The predicted molar refractivity (Wildman–Crippen MR) is 142 cm³/mol. The van der Waals surface area contributed by atoms with Crippen molar-refractivity contribution in [1.82, 2.24) is 24.6 Å². The number of hydrogen-bond donors (Lipinski definition) is 1. The van der Waals surface area contributed by atoms with Crippen LogP contribution in [0.1, 0.15) is 31.2 Å². The van der Waals surface area contributed by atoms with E-state index in [1.165, 1.54) is 36.6 Å². The highest BCUT2D eigenvalue weighted by Crippen LogP contribution is 2.39. The fourth-order valence-electron chi connectivity index (χ4n) is 6.45. The van der Waals surface area contributed by atoms with Crippen LogP contribution in [0, 0.1) is 17.2 Å². The maximum atomic E-state index is 9.33. The summed E-state index contributed by atoms with van der Waals surface area (Å²) in [5.74, 6) is 0.699. The van der Waals surface area contributed by atoms with Crippen LogP contribution in [0.15, 0.2) is 67.1 Å². The third-order valence-electron chi connectivity index (χ3n) is 8.18. The molecule has 3 aromatic heterocycles. The van der Waals surface area contributed by atoms with Crippen LogP contribution in [0.2, 0.25) is 0 Å². The van der Waals surface area contributed by atoms with E-state index >= 15 is 0 Å². The molecule has 0 aliphatic carbocycles. The predicted octanol–water partition coefficient (Wildman–Crippen LogP) is 5.66. The Labute approximate surface area is 210 Å². The van der Waals surface area contributed by atoms with Gasteiger partial charge in [0, 0.05) is 53.8 Å². The quantitative estimate of drug-likeness (QED) is 0.366. The lowest BCUT2D eigenvalue weighted by Crippen LogP contribution is -2.39. The van der Waals surface area contributed by atoms with E-state index in [1.807, 2.05) is 48.4 Å². The average Bonchev–Trinajstić information content (AvgIpc) is 3.60. The third kappa shape index (κ3) is 3.51. The fourth-order valence-corrected chi connectivity index (χ4v) is 6.45. The number of aromatic nitrogens is 4. The van der Waals surface area contributed by atoms with Crippen molar-refractivity contribution in [2.45, 2.75) is 44.3 Å². The molecule has 178 valence electrons. The van der Waals surface area contributed by atoms with Gasteiger partial charge in [-0.3, -0.25) is 9.67 Å². The lowest BCUT2D eigenvalue weighted by Gasteiger charge is -2.29. The second-order valence-corrected chi connectivity index (χ2v) is 10.5. The fraction of sp³-hybridized carbons (Fsp3) is 0.300. The number of piperidine rings is 1. The summed E-state index contributed by atoms with van der Waals surface area (Å²) in [5.41, 5.74) is 7.15. The zero-order valence-corrected chi connectivity index (χ0v) is 20.4. The largest absolute Gasteiger partial charge is 0.346 e. The molecule has 0 spiro atoms. The highest BCUT2D eigenvalue weighted by Gasteiger charge is 2.33. The zero-order valence-electron chi connectivity index (χ0n) is 20.4. The molecule has 2 fully saturated rings. The summed E-state index contributed by atoms with van der Waals surface area (Å²) in [6.07, 6.45) is 11.3. The summed E-state index contributed by atoms with van der Waals surface area (Å²) < 4.78 is 4.29. The van der Waals surface area contributed by atoms with E-state index < -0.39 is 0 Å². The minimum absolute atomic E-state index is 0.662. The van der Waals surface area contributed by atoms with Gasteiger partial charge in [0.25, 0.3) is 0 Å². The maximum Gasteiger partial charge on any atom is 0.0991 e. The number of fused-ring (bicyclic) bond motifs is 4. The van der Waals surface area contributed by atoms with Crippen LogP contribution < -0.4 is 5.32 Å². The van der Waals surface area contributed by atoms with E-state index in [0.717, 1.165) is 39.8 Å². The SMILES string of the molecule is Cn1ncc2cc(-c3ncc4c(ccn4CC4CC5CCC(C4)N5)c3-c3ccc(C#N)cc3)ccc21. The molecule has 7 rings (SSSR count). The smallest absolute Gasteiger partial charge is 0.0991 e. The first-order valence-electron chi connectivity index (χ1n) is 12.8. The second-order valence-electron chi connectivity index (χ2n) is 10.5. The van der Waals surface area contributed by atoms with Gasteiger partial charge < -0.3 is 9.88 Å². The summed E-state index contributed by atoms with van der Waals surface area (Å²) in [6, 6.07) is 20.2. The van der Waals surface area contributed by atoms with Crippen molar-refractivity contribution in [3.8, 4) is 28.5 Å². The van der Waals surface area contributed by atoms with Crippen molar-refractivity contribution >= 4 is 21.8 Å². The van der Waals surface area contributed by atoms with Crippen LogP contribution in [0.25, 0.3) is 44.2 Å². The van der Waals surface area contributed by atoms with Crippen LogP contribution in [-0.4, -0.2) is 31.4 Å². The molecule has 2 unspecified atom stereocenters. The normalized spacial score (nSPS) is 21.3. The van der Waals surface area contributed by atoms with Crippen molar-refractivity contribution < 1.29 is 0 Å². The maximum absolute atomic E-state index is 9.33.